The van der Waals surface area contributed by atoms with Crippen molar-refractivity contribution < 1.29 is 10.2 Å². The molecule has 0 heterocycles. The molecule has 0 aliphatic heterocycles. The SMILES string of the molecule is O[C@]1(c2ccccc2)c2ccccc2[C@@](O)(c2ccccc2)c2cc(-c3ccccc3)c(-c3ccccc3)cc21. The van der Waals surface area contributed by atoms with Crippen LogP contribution in [-0.2, 0) is 11.2 Å². The highest BCUT2D eigenvalue weighted by Crippen LogP contribution is 2.55. The maximum absolute atomic E-state index is 12.9. The molecule has 6 aromatic rings. The zero-order valence-corrected chi connectivity index (χ0v) is 21.9. The van der Waals surface area contributed by atoms with Crippen LogP contribution in [0.25, 0.3) is 22.3 Å². The van der Waals surface area contributed by atoms with Gasteiger partial charge in [0.15, 0.2) is 0 Å². The van der Waals surface area contributed by atoms with E-state index in [9.17, 15) is 10.2 Å². The average Bonchev–Trinajstić information content (AvgIpc) is 3.05. The summed E-state index contributed by atoms with van der Waals surface area (Å²) in [5, 5.41) is 25.9. The van der Waals surface area contributed by atoms with Gasteiger partial charge in [0.25, 0.3) is 0 Å². The van der Waals surface area contributed by atoms with Crippen LogP contribution >= 0.6 is 0 Å². The summed E-state index contributed by atoms with van der Waals surface area (Å²) in [4.78, 5) is 0. The van der Waals surface area contributed by atoms with Crippen molar-refractivity contribution in [2.75, 3.05) is 0 Å². The minimum atomic E-state index is -1.48. The van der Waals surface area contributed by atoms with Crippen LogP contribution in [0.4, 0.5) is 0 Å². The quantitative estimate of drug-likeness (QED) is 0.250. The molecule has 0 spiro atoms. The van der Waals surface area contributed by atoms with E-state index in [1.165, 1.54) is 0 Å². The molecular formula is C38H28O2. The van der Waals surface area contributed by atoms with Gasteiger partial charge in [0, 0.05) is 11.1 Å². The maximum atomic E-state index is 12.9. The number of benzene rings is 6. The van der Waals surface area contributed by atoms with Crippen molar-refractivity contribution in [2.45, 2.75) is 11.2 Å². The summed E-state index contributed by atoms with van der Waals surface area (Å²) in [5.74, 6) is 0. The predicted octanol–water partition coefficient (Wildman–Crippen LogP) is 7.90. The van der Waals surface area contributed by atoms with Gasteiger partial charge in [0.1, 0.15) is 11.2 Å². The van der Waals surface area contributed by atoms with Gasteiger partial charge < -0.3 is 10.2 Å². The van der Waals surface area contributed by atoms with E-state index in [0.29, 0.717) is 22.3 Å². The summed E-state index contributed by atoms with van der Waals surface area (Å²) in [6, 6.07) is 52.0. The third-order valence-electron chi connectivity index (χ3n) is 8.20. The normalized spacial score (nSPS) is 19.4. The second-order valence-electron chi connectivity index (χ2n) is 10.4. The van der Waals surface area contributed by atoms with E-state index in [1.54, 1.807) is 0 Å². The molecule has 1 aliphatic carbocycles. The van der Waals surface area contributed by atoms with E-state index < -0.39 is 11.2 Å². The molecular weight excluding hydrogens is 488 g/mol. The van der Waals surface area contributed by atoms with Crippen LogP contribution in [0.15, 0.2) is 158 Å². The van der Waals surface area contributed by atoms with E-state index in [0.717, 1.165) is 33.4 Å². The Morgan fingerprint density at radius 1 is 0.325 bits per heavy atom. The van der Waals surface area contributed by atoms with Gasteiger partial charge in [-0.25, -0.2) is 0 Å². The highest BCUT2D eigenvalue weighted by atomic mass is 16.3. The first-order valence-corrected chi connectivity index (χ1v) is 13.6. The first-order valence-electron chi connectivity index (χ1n) is 13.6. The fourth-order valence-electron chi connectivity index (χ4n) is 6.30. The smallest absolute Gasteiger partial charge is 0.141 e. The molecule has 6 aromatic carbocycles. The van der Waals surface area contributed by atoms with Crippen molar-refractivity contribution in [1.82, 2.24) is 0 Å². The molecule has 40 heavy (non-hydrogen) atoms. The van der Waals surface area contributed by atoms with Gasteiger partial charge in [-0.05, 0) is 56.6 Å². The standard InChI is InChI=1S/C38H28O2/c39-37(29-19-9-3-10-20-29)33-23-13-14-24-34(33)38(40,30-21-11-4-12-22-30)36-26-32(28-17-7-2-8-18-28)31(25-35(36)37)27-15-5-1-6-16-27/h1-26,39-40H/t37-,38+. The second-order valence-corrected chi connectivity index (χ2v) is 10.4. The van der Waals surface area contributed by atoms with Crippen LogP contribution in [0.2, 0.25) is 0 Å². The zero-order valence-electron chi connectivity index (χ0n) is 21.9. The van der Waals surface area contributed by atoms with Gasteiger partial charge in [-0.2, -0.15) is 0 Å². The molecule has 0 amide bonds. The minimum Gasteiger partial charge on any atom is -0.376 e. The van der Waals surface area contributed by atoms with Crippen LogP contribution in [-0.4, -0.2) is 10.2 Å². The molecule has 2 N–H and O–H groups in total. The van der Waals surface area contributed by atoms with Crippen LogP contribution < -0.4 is 0 Å². The van der Waals surface area contributed by atoms with Gasteiger partial charge in [-0.3, -0.25) is 0 Å². The highest BCUT2D eigenvalue weighted by Gasteiger charge is 2.51. The van der Waals surface area contributed by atoms with Crippen molar-refractivity contribution in [3.05, 3.63) is 191 Å². The van der Waals surface area contributed by atoms with Crippen molar-refractivity contribution >= 4 is 0 Å². The largest absolute Gasteiger partial charge is 0.376 e. The number of hydrogen-bond donors (Lipinski definition) is 2. The van der Waals surface area contributed by atoms with Crippen molar-refractivity contribution in [2.24, 2.45) is 0 Å². The average molecular weight is 517 g/mol. The Balaban J connectivity index is 1.66. The molecule has 192 valence electrons. The summed E-state index contributed by atoms with van der Waals surface area (Å²) in [6.45, 7) is 0. The Kier molecular flexibility index (Phi) is 5.74. The molecule has 0 saturated carbocycles. The van der Waals surface area contributed by atoms with Gasteiger partial charge in [0.05, 0.1) is 0 Å². The van der Waals surface area contributed by atoms with Crippen LogP contribution in [0, 0.1) is 0 Å². The molecule has 1 aliphatic rings. The summed E-state index contributed by atoms with van der Waals surface area (Å²) in [5.41, 5.74) is 5.31. The van der Waals surface area contributed by atoms with Crippen molar-refractivity contribution in [1.29, 1.82) is 0 Å². The Morgan fingerprint density at radius 3 is 0.975 bits per heavy atom. The van der Waals surface area contributed by atoms with E-state index in [-0.39, 0.29) is 0 Å². The number of rotatable bonds is 4. The number of fused-ring (bicyclic) bond motifs is 2. The first kappa shape index (κ1) is 24.3. The molecule has 0 unspecified atom stereocenters. The molecule has 0 aromatic heterocycles. The fraction of sp³-hybridized carbons (Fsp3) is 0.0526. The lowest BCUT2D eigenvalue weighted by Gasteiger charge is -2.45. The second kappa shape index (κ2) is 9.46. The molecule has 0 radical (unpaired) electrons. The third-order valence-corrected chi connectivity index (χ3v) is 8.20. The van der Waals surface area contributed by atoms with Crippen LogP contribution in [0.5, 0.6) is 0 Å². The topological polar surface area (TPSA) is 40.5 Å². The molecule has 2 atom stereocenters. The van der Waals surface area contributed by atoms with E-state index >= 15 is 0 Å². The molecule has 2 nitrogen and oxygen atoms in total. The summed E-state index contributed by atoms with van der Waals surface area (Å²) in [6.07, 6.45) is 0. The zero-order chi connectivity index (χ0) is 27.2. The van der Waals surface area contributed by atoms with Crippen molar-refractivity contribution in [3.8, 4) is 22.3 Å². The summed E-state index contributed by atoms with van der Waals surface area (Å²) < 4.78 is 0. The third kappa shape index (κ3) is 3.58. The Bertz CT molecular complexity index is 1660. The van der Waals surface area contributed by atoms with E-state index in [4.69, 9.17) is 0 Å². The van der Waals surface area contributed by atoms with Gasteiger partial charge >= 0.3 is 0 Å². The fourth-order valence-corrected chi connectivity index (χ4v) is 6.30. The lowest BCUT2D eigenvalue weighted by molar-refractivity contribution is 0.0749. The monoisotopic (exact) mass is 516 g/mol. The summed E-state index contributed by atoms with van der Waals surface area (Å²) in [7, 11) is 0. The minimum absolute atomic E-state index is 0.669. The summed E-state index contributed by atoms with van der Waals surface area (Å²) >= 11 is 0. The van der Waals surface area contributed by atoms with Gasteiger partial charge in [0.2, 0.25) is 0 Å². The lowest BCUT2D eigenvalue weighted by Crippen LogP contribution is -2.44. The van der Waals surface area contributed by atoms with E-state index in [2.05, 4.69) is 36.4 Å². The number of aliphatic hydroxyl groups is 2. The Hall–Kier alpha value is -4.76. The number of hydrogen-bond acceptors (Lipinski definition) is 2. The first-order chi connectivity index (χ1) is 19.6. The molecule has 7 rings (SSSR count). The maximum Gasteiger partial charge on any atom is 0.141 e. The lowest BCUT2D eigenvalue weighted by atomic mass is 9.62. The molecule has 0 saturated heterocycles. The molecule has 0 bridgehead atoms. The molecule has 2 heteroatoms. The highest BCUT2D eigenvalue weighted by molar-refractivity contribution is 5.86. The Morgan fingerprint density at radius 2 is 0.625 bits per heavy atom. The molecule has 0 fully saturated rings. The van der Waals surface area contributed by atoms with Gasteiger partial charge in [-0.1, -0.05) is 146 Å². The van der Waals surface area contributed by atoms with Crippen molar-refractivity contribution in [3.63, 3.8) is 0 Å². The van der Waals surface area contributed by atoms with Crippen LogP contribution in [0.1, 0.15) is 33.4 Å². The predicted molar refractivity (Wildman–Crippen MR) is 161 cm³/mol. The van der Waals surface area contributed by atoms with Crippen LogP contribution in [0.3, 0.4) is 0 Å². The van der Waals surface area contributed by atoms with Gasteiger partial charge in [-0.15, -0.1) is 0 Å². The van der Waals surface area contributed by atoms with E-state index in [1.807, 2.05) is 121 Å². The Labute approximate surface area is 234 Å².